The van der Waals surface area contributed by atoms with Crippen LogP contribution in [0.1, 0.15) is 31.2 Å². The van der Waals surface area contributed by atoms with E-state index in [9.17, 15) is 18.3 Å². The maximum absolute atomic E-state index is 11.9. The molecule has 5 rings (SSSR count). The summed E-state index contributed by atoms with van der Waals surface area (Å²) in [5, 5.41) is 18.8. The minimum absolute atomic E-state index is 0.0355. The van der Waals surface area contributed by atoms with Crippen molar-refractivity contribution >= 4 is 27.1 Å². The molecule has 1 aromatic heterocycles. The number of hydrogen-bond donors (Lipinski definition) is 1. The Labute approximate surface area is 211 Å². The number of ether oxygens (including phenoxy) is 2. The summed E-state index contributed by atoms with van der Waals surface area (Å²) in [6.45, 7) is 2.85. The zero-order chi connectivity index (χ0) is 25.7. The molecule has 3 aliphatic heterocycles. The van der Waals surface area contributed by atoms with Crippen LogP contribution in [-0.4, -0.2) is 74.2 Å². The summed E-state index contributed by atoms with van der Waals surface area (Å²) in [7, 11) is -1.37. The van der Waals surface area contributed by atoms with Gasteiger partial charge in [0.2, 0.25) is 11.8 Å². The molecule has 0 unspecified atom stereocenters. The van der Waals surface area contributed by atoms with Crippen LogP contribution in [0.4, 0.5) is 11.4 Å². The van der Waals surface area contributed by atoms with E-state index in [0.29, 0.717) is 43.2 Å². The number of phenolic OH excluding ortho intramolecular Hbond substituents is 1. The van der Waals surface area contributed by atoms with Gasteiger partial charge in [0.15, 0.2) is 0 Å². The van der Waals surface area contributed by atoms with Gasteiger partial charge in [-0.15, -0.1) is 0 Å². The number of phenols is 1. The van der Waals surface area contributed by atoms with E-state index in [1.807, 2.05) is 9.80 Å². The zero-order valence-electron chi connectivity index (χ0n) is 20.2. The molecule has 0 radical (unpaired) electrons. The van der Waals surface area contributed by atoms with Crippen molar-refractivity contribution in [3.05, 3.63) is 36.0 Å². The molecule has 2 saturated heterocycles. The molecule has 0 aliphatic carbocycles. The number of nitriles is 1. The molecular weight excluding hydrogens is 484 g/mol. The number of fused-ring (bicyclic) bond motifs is 1. The second kappa shape index (κ2) is 11.0. The standard InChI is InChI=1S/C15H13N3O3.C10H17NO3S/c1-20-15-10(8-16)6-11(9-17-15)18-4-5-21-14-3-2-12(19)7-13(14)18;12-10(11-5-1-2-6-11)9-3-7-15(13,14)8-4-9/h2-3,6-7,9,19H,4-5H2,1H3;9H,1-8H2. The van der Waals surface area contributed by atoms with Gasteiger partial charge >= 0.3 is 0 Å². The number of rotatable bonds is 3. The van der Waals surface area contributed by atoms with Crippen molar-refractivity contribution in [3.8, 4) is 23.4 Å². The number of amides is 1. The topological polar surface area (TPSA) is 133 Å². The van der Waals surface area contributed by atoms with E-state index < -0.39 is 9.84 Å². The highest BCUT2D eigenvalue weighted by Crippen LogP contribution is 2.39. The number of pyridine rings is 1. The number of benzene rings is 1. The summed E-state index contributed by atoms with van der Waals surface area (Å²) in [6.07, 6.45) is 4.88. The Morgan fingerprint density at radius 2 is 1.92 bits per heavy atom. The molecule has 0 bridgehead atoms. The Kier molecular flexibility index (Phi) is 7.84. The van der Waals surface area contributed by atoms with Crippen molar-refractivity contribution in [2.24, 2.45) is 5.92 Å². The lowest BCUT2D eigenvalue weighted by Gasteiger charge is -2.31. The molecule has 0 saturated carbocycles. The number of carbonyl (C=O) groups excluding carboxylic acids is 1. The number of nitrogens with zero attached hydrogens (tertiary/aromatic N) is 4. The fourth-order valence-electron chi connectivity index (χ4n) is 4.64. The Bertz CT molecular complexity index is 1240. The fraction of sp³-hybridized carbons (Fsp3) is 0.480. The summed E-state index contributed by atoms with van der Waals surface area (Å²) in [5.74, 6) is 1.67. The van der Waals surface area contributed by atoms with E-state index in [0.717, 1.165) is 37.3 Å². The molecule has 1 aromatic carbocycles. The van der Waals surface area contributed by atoms with Gasteiger partial charge in [-0.2, -0.15) is 5.26 Å². The summed E-state index contributed by atoms with van der Waals surface area (Å²) < 4.78 is 33.0. The quantitative estimate of drug-likeness (QED) is 0.656. The molecule has 2 fully saturated rings. The van der Waals surface area contributed by atoms with E-state index >= 15 is 0 Å². The largest absolute Gasteiger partial charge is 0.508 e. The van der Waals surface area contributed by atoms with E-state index in [1.54, 1.807) is 30.5 Å². The Morgan fingerprint density at radius 3 is 2.58 bits per heavy atom. The third kappa shape index (κ3) is 5.82. The highest BCUT2D eigenvalue weighted by atomic mass is 32.2. The number of sulfone groups is 1. The third-order valence-corrected chi connectivity index (χ3v) is 8.30. The van der Waals surface area contributed by atoms with Gasteiger partial charge in [0.1, 0.15) is 39.6 Å². The van der Waals surface area contributed by atoms with Crippen LogP contribution in [0.3, 0.4) is 0 Å². The van der Waals surface area contributed by atoms with Gasteiger partial charge in [0.25, 0.3) is 0 Å². The molecule has 10 nitrogen and oxygen atoms in total. The molecule has 4 heterocycles. The normalized spacial score (nSPS) is 18.8. The van der Waals surface area contributed by atoms with Crippen LogP contribution in [0.15, 0.2) is 30.5 Å². The van der Waals surface area contributed by atoms with Gasteiger partial charge in [0.05, 0.1) is 42.7 Å². The molecule has 0 spiro atoms. The van der Waals surface area contributed by atoms with Crippen molar-refractivity contribution in [3.63, 3.8) is 0 Å². The van der Waals surface area contributed by atoms with Crippen LogP contribution in [-0.2, 0) is 14.6 Å². The van der Waals surface area contributed by atoms with Crippen LogP contribution in [0.5, 0.6) is 17.4 Å². The second-order valence-electron chi connectivity index (χ2n) is 8.97. The van der Waals surface area contributed by atoms with E-state index in [-0.39, 0.29) is 29.1 Å². The second-order valence-corrected chi connectivity index (χ2v) is 11.3. The number of aromatic nitrogens is 1. The molecule has 0 atom stereocenters. The lowest BCUT2D eigenvalue weighted by Crippen LogP contribution is -2.38. The molecule has 11 heteroatoms. The number of anilines is 2. The van der Waals surface area contributed by atoms with Crippen molar-refractivity contribution in [2.45, 2.75) is 25.7 Å². The zero-order valence-corrected chi connectivity index (χ0v) is 21.0. The third-order valence-electron chi connectivity index (χ3n) is 6.59. The maximum Gasteiger partial charge on any atom is 0.231 e. The van der Waals surface area contributed by atoms with Gasteiger partial charge in [-0.25, -0.2) is 13.4 Å². The Morgan fingerprint density at radius 1 is 1.19 bits per heavy atom. The van der Waals surface area contributed by atoms with E-state index in [1.165, 1.54) is 7.11 Å². The van der Waals surface area contributed by atoms with Crippen LogP contribution < -0.4 is 14.4 Å². The summed E-state index contributed by atoms with van der Waals surface area (Å²) in [5.41, 5.74) is 1.86. The summed E-state index contributed by atoms with van der Waals surface area (Å²) >= 11 is 0. The van der Waals surface area contributed by atoms with Gasteiger partial charge in [0, 0.05) is 25.1 Å². The van der Waals surface area contributed by atoms with Gasteiger partial charge in [-0.05, 0) is 43.9 Å². The van der Waals surface area contributed by atoms with Crippen LogP contribution >= 0.6 is 0 Å². The predicted molar refractivity (Wildman–Crippen MR) is 133 cm³/mol. The number of hydrogen-bond acceptors (Lipinski definition) is 9. The fourth-order valence-corrected chi connectivity index (χ4v) is 6.13. The first-order valence-corrected chi connectivity index (χ1v) is 13.8. The van der Waals surface area contributed by atoms with Gasteiger partial charge < -0.3 is 24.4 Å². The van der Waals surface area contributed by atoms with E-state index in [4.69, 9.17) is 14.7 Å². The SMILES string of the molecule is COc1ncc(N2CCOc3ccc(O)cc32)cc1C#N.O=C(C1CCS(=O)(=O)CC1)N1CCCC1. The lowest BCUT2D eigenvalue weighted by molar-refractivity contribution is -0.134. The Hall–Kier alpha value is -3.52. The minimum Gasteiger partial charge on any atom is -0.508 e. The van der Waals surface area contributed by atoms with Crippen molar-refractivity contribution in [1.29, 1.82) is 5.26 Å². The van der Waals surface area contributed by atoms with Crippen LogP contribution in [0.25, 0.3) is 0 Å². The molecule has 192 valence electrons. The Balaban J connectivity index is 0.000000179. The molecule has 3 aliphatic rings. The van der Waals surface area contributed by atoms with Crippen molar-refractivity contribution in [2.75, 3.05) is 49.8 Å². The average molecular weight is 515 g/mol. The number of methoxy groups -OCH3 is 1. The molecule has 1 amide bonds. The molecule has 36 heavy (non-hydrogen) atoms. The number of aromatic hydroxyl groups is 1. The summed E-state index contributed by atoms with van der Waals surface area (Å²) in [6, 6.07) is 8.71. The smallest absolute Gasteiger partial charge is 0.231 e. The minimum atomic E-state index is -2.84. The first kappa shape index (κ1) is 25.6. The highest BCUT2D eigenvalue weighted by molar-refractivity contribution is 7.91. The number of carbonyl (C=O) groups is 1. The van der Waals surface area contributed by atoms with Crippen LogP contribution in [0.2, 0.25) is 0 Å². The average Bonchev–Trinajstić information content (AvgIpc) is 3.43. The maximum atomic E-state index is 11.9. The molecular formula is C25H30N4O6S. The first-order valence-electron chi connectivity index (χ1n) is 12.0. The van der Waals surface area contributed by atoms with Crippen molar-refractivity contribution < 1.29 is 27.8 Å². The van der Waals surface area contributed by atoms with E-state index in [2.05, 4.69) is 11.1 Å². The monoisotopic (exact) mass is 514 g/mol. The molecule has 1 N–H and O–H groups in total. The van der Waals surface area contributed by atoms with Crippen molar-refractivity contribution in [1.82, 2.24) is 9.88 Å². The summed E-state index contributed by atoms with van der Waals surface area (Å²) in [4.78, 5) is 19.9. The predicted octanol–water partition coefficient (Wildman–Crippen LogP) is 2.63. The van der Waals surface area contributed by atoms with Crippen LogP contribution in [0, 0.1) is 17.2 Å². The van der Waals surface area contributed by atoms with Gasteiger partial charge in [-0.1, -0.05) is 0 Å². The van der Waals surface area contributed by atoms with Gasteiger partial charge in [-0.3, -0.25) is 4.79 Å². The number of likely N-dealkylation sites (tertiary alicyclic amines) is 1. The highest BCUT2D eigenvalue weighted by Gasteiger charge is 2.32. The molecule has 2 aromatic rings. The first-order chi connectivity index (χ1) is 17.3. The lowest BCUT2D eigenvalue weighted by atomic mass is 10.0.